The van der Waals surface area contributed by atoms with Gasteiger partial charge in [0.05, 0.1) is 39.6 Å². The molecule has 0 aliphatic carbocycles. The van der Waals surface area contributed by atoms with Gasteiger partial charge in [-0.2, -0.15) is 0 Å². The van der Waals surface area contributed by atoms with Crippen molar-refractivity contribution >= 4 is 53.5 Å². The maximum Gasteiger partial charge on any atom is 0.332 e. The van der Waals surface area contributed by atoms with E-state index >= 15 is 0 Å². The Morgan fingerprint density at radius 2 is 0.411 bits per heavy atom. The van der Waals surface area contributed by atoms with Gasteiger partial charge in [0.1, 0.15) is 59.5 Å². The Morgan fingerprint density at radius 1 is 0.262 bits per heavy atom. The van der Waals surface area contributed by atoms with Gasteiger partial charge in [0.25, 0.3) is 17.7 Å². The molecule has 0 spiro atoms. The summed E-state index contributed by atoms with van der Waals surface area (Å²) in [5.41, 5.74) is 10.3. The summed E-state index contributed by atoms with van der Waals surface area (Å²) in [7, 11) is 0. The summed E-state index contributed by atoms with van der Waals surface area (Å²) in [5, 5.41) is 51.4. The Labute approximate surface area is 635 Å². The molecule has 0 aromatic rings. The van der Waals surface area contributed by atoms with Crippen molar-refractivity contribution in [3.05, 3.63) is 0 Å². The number of ether oxygens (including phenoxy) is 15. The Kier molecular flexibility index (Phi) is 76.6. The summed E-state index contributed by atoms with van der Waals surface area (Å²) < 4.78 is 77.1. The fourth-order valence-corrected chi connectivity index (χ4v) is 10.9. The quantitative estimate of drug-likeness (QED) is 0.0109. The second-order valence-electron chi connectivity index (χ2n) is 26.1. The van der Waals surface area contributed by atoms with Crippen LogP contribution in [0.5, 0.6) is 0 Å². The molecule has 11 N–H and O–H groups in total. The van der Waals surface area contributed by atoms with E-state index in [1.807, 2.05) is 0 Å². The van der Waals surface area contributed by atoms with Gasteiger partial charge in [0.15, 0.2) is 0 Å². The molecule has 0 heterocycles. The van der Waals surface area contributed by atoms with Crippen molar-refractivity contribution in [1.29, 1.82) is 0 Å². The molecular weight excluding hydrogens is 1410 g/mol. The number of carbonyl (C=O) groups excluding carboxylic acids is 9. The van der Waals surface area contributed by atoms with Gasteiger partial charge in [-0.05, 0) is 212 Å². The van der Waals surface area contributed by atoms with Gasteiger partial charge in [0, 0.05) is 84.8 Å². The van der Waals surface area contributed by atoms with Crippen LogP contribution in [0.25, 0.3) is 0 Å². The molecule has 0 atom stereocenters. The van der Waals surface area contributed by atoms with Crippen molar-refractivity contribution in [3.63, 3.8) is 0 Å². The Bertz CT molecular complexity index is 1870. The van der Waals surface area contributed by atoms with Gasteiger partial charge in [-0.25, -0.2) is 45.2 Å². The van der Waals surface area contributed by atoms with Gasteiger partial charge in [0.2, 0.25) is 0 Å². The summed E-state index contributed by atoms with van der Waals surface area (Å²) in [6.45, 7) is 22.7. The monoisotopic (exact) mass is 1550 g/mol. The summed E-state index contributed by atoms with van der Waals surface area (Å²) >= 11 is 0. The number of nitrogens with two attached hydrogens (primary N) is 1. The van der Waals surface area contributed by atoms with E-state index < -0.39 is 17.7 Å². The highest BCUT2D eigenvalue weighted by atomic mass is 16.6. The lowest BCUT2D eigenvalue weighted by Crippen LogP contribution is -2.40. The second kappa shape index (κ2) is 76.0. The minimum Gasteiger partial charge on any atom is -0.464 e. The third-order valence-corrected chi connectivity index (χ3v) is 16.3. The molecule has 0 saturated heterocycles. The second-order valence-corrected chi connectivity index (χ2v) is 26.1. The van der Waals surface area contributed by atoms with Gasteiger partial charge < -0.3 is 92.1 Å². The number of amides is 3. The number of aliphatic hydroxyl groups is 3. The van der Waals surface area contributed by atoms with Crippen LogP contribution in [0.4, 0.5) is 0 Å². The van der Waals surface area contributed by atoms with E-state index in [0.29, 0.717) is 138 Å². The smallest absolute Gasteiger partial charge is 0.332 e. The Balaban J connectivity index is -0.000000683. The summed E-state index contributed by atoms with van der Waals surface area (Å²) in [6.07, 6.45) is 19.2. The first-order valence-electron chi connectivity index (χ1n) is 37.8. The summed E-state index contributed by atoms with van der Waals surface area (Å²) in [6, 6.07) is 0. The molecule has 107 heavy (non-hydrogen) atoms. The number of nitrogens with one attached hydrogen (secondary N) is 3. The van der Waals surface area contributed by atoms with Gasteiger partial charge >= 0.3 is 35.8 Å². The van der Waals surface area contributed by atoms with Crippen LogP contribution in [-0.2, 0) is 114 Å². The first-order valence-corrected chi connectivity index (χ1v) is 37.8. The number of hydrogen-bond donors (Lipinski definition) is 10. The molecule has 0 aromatic carbocycles. The zero-order valence-electron chi connectivity index (χ0n) is 66.1. The first-order chi connectivity index (χ1) is 51.3. The highest BCUT2D eigenvalue weighted by Crippen LogP contribution is 2.37. The number of hydrogen-bond acceptors (Lipinski definition) is 31. The van der Waals surface area contributed by atoms with Crippen molar-refractivity contribution in [1.82, 2.24) is 16.4 Å². The van der Waals surface area contributed by atoms with E-state index in [-0.39, 0.29) is 137 Å². The van der Waals surface area contributed by atoms with Crippen LogP contribution >= 0.6 is 0 Å². The molecule has 0 aliphatic heterocycles. The molecule has 0 saturated carbocycles. The number of hydroxylamine groups is 3. The average molecular weight is 1550 g/mol. The van der Waals surface area contributed by atoms with Crippen LogP contribution in [0.15, 0.2) is 0 Å². The largest absolute Gasteiger partial charge is 0.464 e. The fourth-order valence-electron chi connectivity index (χ4n) is 10.9. The van der Waals surface area contributed by atoms with Crippen LogP contribution in [0, 0.1) is 16.2 Å². The van der Waals surface area contributed by atoms with E-state index in [0.717, 1.165) is 116 Å². The standard InChI is InChI=1S/2C23H42O9.C17H33N3O9.C10H23NO3/c2*1-5-30-20(24)17-27-14-8-11-23(4,12-9-15-28-18-21(25)31-6-2)13-10-16-29-19-22(26)32-7-3;1-17(5-2-8-27-11-14(21)18-24,6-3-9-28-12-15(22)19-25)7-4-10-29-13-16(23)20-26;11-10(4-1-7-12,5-2-8-13)6-3-9-14/h2*5-19H2,1-4H3;24-26H,2-13H2,1H3,(H,18,21)(H,19,22)(H,20,23);12-14H,1-9,11H2. The fraction of sp³-hybridized carbons (Fsp3) is 0.877. The van der Waals surface area contributed by atoms with Crippen LogP contribution in [0.1, 0.15) is 216 Å². The normalized spacial score (nSPS) is 11.3. The van der Waals surface area contributed by atoms with Crippen molar-refractivity contribution in [2.75, 3.05) is 178 Å². The lowest BCUT2D eigenvalue weighted by molar-refractivity contribution is -0.149. The average Bonchev–Trinajstić information content (AvgIpc) is 0.913. The third-order valence-electron chi connectivity index (χ3n) is 16.3. The molecule has 0 aromatic heterocycles. The third kappa shape index (κ3) is 74.5. The minimum absolute atomic E-state index is 0.0217. The van der Waals surface area contributed by atoms with Crippen LogP contribution in [0.2, 0.25) is 0 Å². The zero-order valence-corrected chi connectivity index (χ0v) is 66.1. The van der Waals surface area contributed by atoms with Crippen molar-refractivity contribution in [3.8, 4) is 0 Å². The Hall–Kier alpha value is -5.41. The maximum absolute atomic E-state index is 11.3. The molecule has 0 bridgehead atoms. The van der Waals surface area contributed by atoms with Crippen molar-refractivity contribution in [2.24, 2.45) is 22.0 Å². The highest BCUT2D eigenvalue weighted by Gasteiger charge is 2.27. The maximum atomic E-state index is 11.3. The molecule has 3 amide bonds. The summed E-state index contributed by atoms with van der Waals surface area (Å²) in [4.78, 5) is 101. The first kappa shape index (κ1) is 108. The highest BCUT2D eigenvalue weighted by molar-refractivity contribution is 5.76. The number of rotatable bonds is 69. The van der Waals surface area contributed by atoms with Crippen LogP contribution in [-0.4, -0.2) is 268 Å². The molecule has 0 unspecified atom stereocenters. The molecule has 632 valence electrons. The predicted molar refractivity (Wildman–Crippen MR) is 390 cm³/mol. The molecule has 0 radical (unpaired) electrons. The Morgan fingerprint density at radius 3 is 0.542 bits per heavy atom. The van der Waals surface area contributed by atoms with Gasteiger partial charge in [-0.1, -0.05) is 20.8 Å². The SMILES string of the molecule is CC(CCCOCC(=O)NO)(CCCOCC(=O)NO)CCCOCC(=O)NO.CCOC(=O)COCCCC(C)(CCCOCC(=O)OCC)CCCOCC(=O)OCC.CCOC(=O)COCCCC(C)(CCCOCC(=O)OCC)CCCOCC(=O)OCC.NC(CCCO)(CCCO)CCCO. The van der Waals surface area contributed by atoms with Crippen molar-refractivity contribution in [2.45, 2.75) is 222 Å². The predicted octanol–water partition coefficient (Wildman–Crippen LogP) is 6.05. The molecule has 0 fully saturated rings. The molecule has 34 nitrogen and oxygen atoms in total. The molecule has 0 aliphatic rings. The molecule has 0 rings (SSSR count). The lowest BCUT2D eigenvalue weighted by Gasteiger charge is -2.30. The van der Waals surface area contributed by atoms with Crippen LogP contribution in [0.3, 0.4) is 0 Å². The van der Waals surface area contributed by atoms with Crippen molar-refractivity contribution < 1.29 is 145 Å². The van der Waals surface area contributed by atoms with E-state index in [2.05, 4.69) is 20.8 Å². The van der Waals surface area contributed by atoms with Gasteiger partial charge in [-0.3, -0.25) is 30.0 Å². The molecular formula is C73H140N4O30. The van der Waals surface area contributed by atoms with Gasteiger partial charge in [-0.15, -0.1) is 0 Å². The minimum atomic E-state index is -0.610. The van der Waals surface area contributed by atoms with E-state index in [1.54, 1.807) is 41.5 Å². The molecule has 34 heteroatoms. The zero-order chi connectivity index (χ0) is 81.0. The number of carbonyl (C=O) groups is 9. The number of aliphatic hydroxyl groups excluding tert-OH is 3. The lowest BCUT2D eigenvalue weighted by atomic mass is 9.77. The van der Waals surface area contributed by atoms with E-state index in [4.69, 9.17) is 108 Å². The van der Waals surface area contributed by atoms with E-state index in [9.17, 15) is 43.2 Å². The topological polar surface area (TPSA) is 476 Å². The van der Waals surface area contributed by atoms with E-state index in [1.165, 1.54) is 16.4 Å². The van der Waals surface area contributed by atoms with Crippen LogP contribution < -0.4 is 22.2 Å². The number of esters is 6. The summed E-state index contributed by atoms with van der Waals surface area (Å²) in [5.74, 6) is -3.95.